The molecule has 108 valence electrons. The third kappa shape index (κ3) is 3.31. The maximum absolute atomic E-state index is 11.1. The highest BCUT2D eigenvalue weighted by Crippen LogP contribution is 2.20. The van der Waals surface area contributed by atoms with E-state index >= 15 is 0 Å². The Labute approximate surface area is 124 Å². The molecule has 2 aromatic carbocycles. The first-order valence-corrected chi connectivity index (χ1v) is 7.34. The first-order valence-electron chi connectivity index (χ1n) is 7.34. The van der Waals surface area contributed by atoms with Crippen LogP contribution in [0.1, 0.15) is 27.0 Å². The number of aromatic carboxylic acids is 1. The first kappa shape index (κ1) is 13.8. The number of hydrogen-bond donors (Lipinski definition) is 1. The van der Waals surface area contributed by atoms with E-state index in [0.717, 1.165) is 38.0 Å². The summed E-state index contributed by atoms with van der Waals surface area (Å²) in [4.78, 5) is 13.5. The van der Waals surface area contributed by atoms with Crippen molar-refractivity contribution in [1.29, 1.82) is 0 Å². The van der Waals surface area contributed by atoms with Crippen LogP contribution >= 0.6 is 0 Å². The van der Waals surface area contributed by atoms with Crippen LogP contribution in [0.2, 0.25) is 0 Å². The molecular weight excluding hydrogens is 262 g/mol. The minimum Gasteiger partial charge on any atom is -0.478 e. The topological polar surface area (TPSA) is 40.5 Å². The molecule has 1 heterocycles. The van der Waals surface area contributed by atoms with Gasteiger partial charge in [0.05, 0.1) is 5.56 Å². The molecule has 0 saturated carbocycles. The molecule has 0 atom stereocenters. The lowest BCUT2D eigenvalue weighted by atomic mass is 9.97. The van der Waals surface area contributed by atoms with E-state index in [1.807, 2.05) is 18.2 Å². The van der Waals surface area contributed by atoms with Crippen molar-refractivity contribution < 1.29 is 9.90 Å². The number of carbonyl (C=O) groups is 1. The highest BCUT2D eigenvalue weighted by Gasteiger charge is 2.17. The van der Waals surface area contributed by atoms with Crippen LogP contribution in [0.4, 0.5) is 0 Å². The Morgan fingerprint density at radius 2 is 1.90 bits per heavy atom. The minimum absolute atomic E-state index is 0.388. The Balaban J connectivity index is 1.66. The number of carboxylic acids is 1. The van der Waals surface area contributed by atoms with Gasteiger partial charge in [-0.05, 0) is 41.7 Å². The SMILES string of the molecule is O=C(O)c1ccc2c(c1)CN(CCc1ccccc1)CC2. The summed E-state index contributed by atoms with van der Waals surface area (Å²) in [6, 6.07) is 16.0. The molecule has 0 saturated heterocycles. The van der Waals surface area contributed by atoms with Crippen LogP contribution in [-0.4, -0.2) is 29.1 Å². The van der Waals surface area contributed by atoms with Gasteiger partial charge in [0.2, 0.25) is 0 Å². The zero-order valence-electron chi connectivity index (χ0n) is 12.0. The van der Waals surface area contributed by atoms with Gasteiger partial charge >= 0.3 is 5.97 Å². The second kappa shape index (κ2) is 6.10. The lowest BCUT2D eigenvalue weighted by molar-refractivity contribution is 0.0696. The van der Waals surface area contributed by atoms with Crippen molar-refractivity contribution in [1.82, 2.24) is 4.90 Å². The van der Waals surface area contributed by atoms with Crippen LogP contribution in [0.15, 0.2) is 48.5 Å². The minimum atomic E-state index is -0.848. The summed E-state index contributed by atoms with van der Waals surface area (Å²) in [6.45, 7) is 2.91. The Morgan fingerprint density at radius 3 is 2.67 bits per heavy atom. The normalized spacial score (nSPS) is 14.7. The summed E-state index contributed by atoms with van der Waals surface area (Å²) in [5.74, 6) is -0.848. The number of nitrogens with zero attached hydrogens (tertiary/aromatic N) is 1. The molecule has 0 aliphatic carbocycles. The first-order chi connectivity index (χ1) is 10.2. The number of rotatable bonds is 4. The molecule has 0 unspecified atom stereocenters. The number of fused-ring (bicyclic) bond motifs is 1. The Hall–Kier alpha value is -2.13. The van der Waals surface area contributed by atoms with Gasteiger partial charge in [0.1, 0.15) is 0 Å². The van der Waals surface area contributed by atoms with Crippen molar-refractivity contribution in [2.24, 2.45) is 0 Å². The van der Waals surface area contributed by atoms with Crippen molar-refractivity contribution in [3.05, 3.63) is 70.8 Å². The molecule has 3 nitrogen and oxygen atoms in total. The van der Waals surface area contributed by atoms with Crippen LogP contribution in [-0.2, 0) is 19.4 Å². The van der Waals surface area contributed by atoms with E-state index in [1.165, 1.54) is 11.1 Å². The van der Waals surface area contributed by atoms with Crippen molar-refractivity contribution >= 4 is 5.97 Å². The predicted octanol–water partition coefficient (Wildman–Crippen LogP) is 2.99. The molecule has 1 aliphatic rings. The molecule has 3 rings (SSSR count). The van der Waals surface area contributed by atoms with Crippen molar-refractivity contribution in [2.45, 2.75) is 19.4 Å². The summed E-state index contributed by atoms with van der Waals surface area (Å²) in [5.41, 5.74) is 4.19. The van der Waals surface area contributed by atoms with E-state index < -0.39 is 5.97 Å². The van der Waals surface area contributed by atoms with Gasteiger partial charge in [0.15, 0.2) is 0 Å². The number of hydrogen-bond acceptors (Lipinski definition) is 2. The van der Waals surface area contributed by atoms with Gasteiger partial charge < -0.3 is 5.11 Å². The predicted molar refractivity (Wildman–Crippen MR) is 82.5 cm³/mol. The average molecular weight is 281 g/mol. The molecule has 1 aliphatic heterocycles. The summed E-state index contributed by atoms with van der Waals surface area (Å²) in [6.07, 6.45) is 2.04. The highest BCUT2D eigenvalue weighted by molar-refractivity contribution is 5.87. The molecular formula is C18H19NO2. The van der Waals surface area contributed by atoms with Crippen LogP contribution in [0.25, 0.3) is 0 Å². The number of carboxylic acid groups (broad SMARTS) is 1. The highest BCUT2D eigenvalue weighted by atomic mass is 16.4. The summed E-state index contributed by atoms with van der Waals surface area (Å²) < 4.78 is 0. The zero-order valence-corrected chi connectivity index (χ0v) is 12.0. The molecule has 2 aromatic rings. The van der Waals surface area contributed by atoms with E-state index in [-0.39, 0.29) is 0 Å². The Morgan fingerprint density at radius 1 is 1.10 bits per heavy atom. The summed E-state index contributed by atoms with van der Waals surface area (Å²) in [5, 5.41) is 9.09. The maximum Gasteiger partial charge on any atom is 0.335 e. The van der Waals surface area contributed by atoms with E-state index in [2.05, 4.69) is 29.2 Å². The number of benzene rings is 2. The molecule has 0 fully saturated rings. The van der Waals surface area contributed by atoms with Crippen LogP contribution in [0.3, 0.4) is 0 Å². The van der Waals surface area contributed by atoms with Crippen LogP contribution < -0.4 is 0 Å². The molecule has 0 aromatic heterocycles. The monoisotopic (exact) mass is 281 g/mol. The molecule has 3 heteroatoms. The van der Waals surface area contributed by atoms with Gasteiger partial charge in [-0.1, -0.05) is 36.4 Å². The Kier molecular flexibility index (Phi) is 4.02. The standard InChI is InChI=1S/C18H19NO2/c20-18(21)16-7-6-15-9-11-19(13-17(15)12-16)10-8-14-4-2-1-3-5-14/h1-7,12H,8-11,13H2,(H,20,21). The molecule has 0 spiro atoms. The molecule has 0 amide bonds. The average Bonchev–Trinajstić information content (AvgIpc) is 2.53. The van der Waals surface area contributed by atoms with Crippen molar-refractivity contribution in [2.75, 3.05) is 13.1 Å². The van der Waals surface area contributed by atoms with Gasteiger partial charge in [-0.2, -0.15) is 0 Å². The van der Waals surface area contributed by atoms with Crippen molar-refractivity contribution in [3.8, 4) is 0 Å². The second-order valence-electron chi connectivity index (χ2n) is 5.55. The fraction of sp³-hybridized carbons (Fsp3) is 0.278. The van der Waals surface area contributed by atoms with Gasteiger partial charge in [0.25, 0.3) is 0 Å². The third-order valence-electron chi connectivity index (χ3n) is 4.10. The third-order valence-corrected chi connectivity index (χ3v) is 4.10. The lowest BCUT2D eigenvalue weighted by Gasteiger charge is -2.29. The van der Waals surface area contributed by atoms with Crippen LogP contribution in [0.5, 0.6) is 0 Å². The summed E-state index contributed by atoms with van der Waals surface area (Å²) >= 11 is 0. The Bertz CT molecular complexity index is 637. The second-order valence-corrected chi connectivity index (χ2v) is 5.55. The fourth-order valence-electron chi connectivity index (χ4n) is 2.87. The quantitative estimate of drug-likeness (QED) is 0.936. The van der Waals surface area contributed by atoms with Gasteiger partial charge in [0, 0.05) is 19.6 Å². The molecule has 21 heavy (non-hydrogen) atoms. The maximum atomic E-state index is 11.1. The molecule has 0 bridgehead atoms. The van der Waals surface area contributed by atoms with Crippen molar-refractivity contribution in [3.63, 3.8) is 0 Å². The smallest absolute Gasteiger partial charge is 0.335 e. The van der Waals surface area contributed by atoms with Gasteiger partial charge in [-0.25, -0.2) is 4.79 Å². The van der Waals surface area contributed by atoms with Gasteiger partial charge in [-0.3, -0.25) is 4.90 Å². The molecule has 1 N–H and O–H groups in total. The molecule has 0 radical (unpaired) electrons. The van der Waals surface area contributed by atoms with Crippen LogP contribution in [0, 0.1) is 0 Å². The van der Waals surface area contributed by atoms with E-state index in [0.29, 0.717) is 5.56 Å². The fourth-order valence-corrected chi connectivity index (χ4v) is 2.87. The van der Waals surface area contributed by atoms with E-state index in [9.17, 15) is 4.79 Å². The van der Waals surface area contributed by atoms with Gasteiger partial charge in [-0.15, -0.1) is 0 Å². The lowest BCUT2D eigenvalue weighted by Crippen LogP contribution is -2.32. The van der Waals surface area contributed by atoms with E-state index in [1.54, 1.807) is 6.07 Å². The summed E-state index contributed by atoms with van der Waals surface area (Å²) in [7, 11) is 0. The largest absolute Gasteiger partial charge is 0.478 e. The van der Waals surface area contributed by atoms with E-state index in [4.69, 9.17) is 5.11 Å². The zero-order chi connectivity index (χ0) is 14.7.